The molecule has 0 amide bonds. The molecule has 1 aromatic carbocycles. The summed E-state index contributed by atoms with van der Waals surface area (Å²) in [6.07, 6.45) is 2.47. The van der Waals surface area contributed by atoms with Crippen LogP contribution in [0.15, 0.2) is 18.2 Å². The van der Waals surface area contributed by atoms with Crippen molar-refractivity contribution in [2.24, 2.45) is 11.8 Å². The molecule has 1 aliphatic rings. The maximum atomic E-state index is 14.3. The number of hydrogen-bond donors (Lipinski definition) is 1. The first-order valence-electron chi connectivity index (χ1n) is 8.25. The number of halogens is 1. The van der Waals surface area contributed by atoms with Gasteiger partial charge in [-0.15, -0.1) is 0 Å². The predicted molar refractivity (Wildman–Crippen MR) is 88.2 cm³/mol. The van der Waals surface area contributed by atoms with E-state index < -0.39 is 0 Å². The molecule has 1 saturated heterocycles. The summed E-state index contributed by atoms with van der Waals surface area (Å²) < 4.78 is 14.3. The number of rotatable bonds is 5. The third-order valence-electron chi connectivity index (χ3n) is 4.63. The number of hydrogen-bond acceptors (Lipinski definition) is 2. The van der Waals surface area contributed by atoms with Crippen LogP contribution in [0.1, 0.15) is 46.1 Å². The van der Waals surface area contributed by atoms with Gasteiger partial charge < -0.3 is 10.2 Å². The molecule has 2 atom stereocenters. The minimum absolute atomic E-state index is 0.0887. The van der Waals surface area contributed by atoms with Crippen LogP contribution in [0.25, 0.3) is 0 Å². The van der Waals surface area contributed by atoms with Gasteiger partial charge in [-0.25, -0.2) is 4.39 Å². The maximum Gasteiger partial charge on any atom is 0.129 e. The zero-order chi connectivity index (χ0) is 15.4. The highest BCUT2D eigenvalue weighted by Gasteiger charge is 2.26. The maximum absolute atomic E-state index is 14.3. The van der Waals surface area contributed by atoms with Crippen LogP contribution < -0.4 is 10.2 Å². The van der Waals surface area contributed by atoms with Crippen molar-refractivity contribution in [3.8, 4) is 0 Å². The molecular weight excluding hydrogens is 263 g/mol. The summed E-state index contributed by atoms with van der Waals surface area (Å²) in [5.74, 6) is 1.15. The van der Waals surface area contributed by atoms with Crippen LogP contribution >= 0.6 is 0 Å². The minimum atomic E-state index is -0.0887. The van der Waals surface area contributed by atoms with Gasteiger partial charge >= 0.3 is 0 Å². The van der Waals surface area contributed by atoms with E-state index in [1.54, 1.807) is 6.07 Å². The third kappa shape index (κ3) is 3.97. The molecule has 0 bridgehead atoms. The number of anilines is 1. The number of benzene rings is 1. The van der Waals surface area contributed by atoms with Crippen LogP contribution in [0, 0.1) is 17.7 Å². The van der Waals surface area contributed by atoms with Gasteiger partial charge in [-0.05, 0) is 50.3 Å². The van der Waals surface area contributed by atoms with Gasteiger partial charge in [0.05, 0.1) is 0 Å². The van der Waals surface area contributed by atoms with E-state index in [0.29, 0.717) is 24.4 Å². The van der Waals surface area contributed by atoms with Crippen LogP contribution in [-0.2, 0) is 6.54 Å². The average molecular weight is 292 g/mol. The Bertz CT molecular complexity index is 459. The molecule has 0 saturated carbocycles. The van der Waals surface area contributed by atoms with E-state index in [-0.39, 0.29) is 5.82 Å². The second-order valence-corrected chi connectivity index (χ2v) is 6.82. The van der Waals surface area contributed by atoms with Gasteiger partial charge in [-0.3, -0.25) is 0 Å². The fourth-order valence-corrected chi connectivity index (χ4v) is 3.15. The van der Waals surface area contributed by atoms with Gasteiger partial charge in [0.15, 0.2) is 0 Å². The Kier molecular flexibility index (Phi) is 5.63. The lowest BCUT2D eigenvalue weighted by atomic mass is 9.91. The summed E-state index contributed by atoms with van der Waals surface area (Å²) in [5, 5.41) is 3.38. The number of nitrogens with zero attached hydrogens (tertiary/aromatic N) is 1. The molecule has 0 spiro atoms. The van der Waals surface area contributed by atoms with Gasteiger partial charge in [-0.2, -0.15) is 0 Å². The van der Waals surface area contributed by atoms with Crippen molar-refractivity contribution < 1.29 is 4.39 Å². The first-order valence-corrected chi connectivity index (χ1v) is 8.25. The molecule has 0 radical (unpaired) electrons. The molecule has 1 aromatic rings. The third-order valence-corrected chi connectivity index (χ3v) is 4.63. The molecule has 2 rings (SSSR count). The first kappa shape index (κ1) is 16.3. The SMILES string of the molecule is CC(C)CNCc1c(F)cccc1N1CCCC(C)C1C. The summed E-state index contributed by atoms with van der Waals surface area (Å²) >= 11 is 0. The highest BCUT2D eigenvalue weighted by molar-refractivity contribution is 5.55. The van der Waals surface area contributed by atoms with Gasteiger partial charge in [0, 0.05) is 30.4 Å². The molecule has 118 valence electrons. The van der Waals surface area contributed by atoms with Crippen molar-refractivity contribution in [1.82, 2.24) is 5.32 Å². The monoisotopic (exact) mass is 292 g/mol. The Labute approximate surface area is 128 Å². The van der Waals surface area contributed by atoms with Gasteiger partial charge in [0.25, 0.3) is 0 Å². The Balaban J connectivity index is 2.20. The minimum Gasteiger partial charge on any atom is -0.368 e. The van der Waals surface area contributed by atoms with Crippen LogP contribution in [0.3, 0.4) is 0 Å². The molecule has 2 nitrogen and oxygen atoms in total. The predicted octanol–water partition coefficient (Wildman–Crippen LogP) is 4.20. The van der Waals surface area contributed by atoms with Gasteiger partial charge in [0.1, 0.15) is 5.82 Å². The van der Waals surface area contributed by atoms with Gasteiger partial charge in [-0.1, -0.05) is 26.8 Å². The van der Waals surface area contributed by atoms with Crippen molar-refractivity contribution in [2.75, 3.05) is 18.0 Å². The normalized spacial score (nSPS) is 22.9. The molecule has 2 unspecified atom stereocenters. The smallest absolute Gasteiger partial charge is 0.129 e. The lowest BCUT2D eigenvalue weighted by Crippen LogP contribution is -2.43. The molecule has 21 heavy (non-hydrogen) atoms. The van der Waals surface area contributed by atoms with E-state index in [4.69, 9.17) is 0 Å². The molecule has 0 aliphatic carbocycles. The first-order chi connectivity index (χ1) is 10.0. The second kappa shape index (κ2) is 7.26. The van der Waals surface area contributed by atoms with E-state index in [2.05, 4.69) is 44.0 Å². The van der Waals surface area contributed by atoms with E-state index >= 15 is 0 Å². The van der Waals surface area contributed by atoms with E-state index in [9.17, 15) is 4.39 Å². The quantitative estimate of drug-likeness (QED) is 0.875. The highest BCUT2D eigenvalue weighted by Crippen LogP contribution is 2.31. The number of piperidine rings is 1. The van der Waals surface area contributed by atoms with Crippen LogP contribution in [0.5, 0.6) is 0 Å². The van der Waals surface area contributed by atoms with E-state index in [1.807, 2.05) is 6.07 Å². The van der Waals surface area contributed by atoms with Crippen molar-refractivity contribution in [2.45, 2.75) is 53.1 Å². The topological polar surface area (TPSA) is 15.3 Å². The lowest BCUT2D eigenvalue weighted by Gasteiger charge is -2.40. The fraction of sp³-hybridized carbons (Fsp3) is 0.667. The summed E-state index contributed by atoms with van der Waals surface area (Å²) in [6.45, 7) is 11.5. The molecule has 1 heterocycles. The standard InChI is InChI=1S/C18H29FN2/c1-13(2)11-20-12-16-17(19)8-5-9-18(16)21-10-6-7-14(3)15(21)4/h5,8-9,13-15,20H,6-7,10-12H2,1-4H3. The summed E-state index contributed by atoms with van der Waals surface area (Å²) in [7, 11) is 0. The Morgan fingerprint density at radius 3 is 2.81 bits per heavy atom. The van der Waals surface area contributed by atoms with Crippen molar-refractivity contribution in [3.05, 3.63) is 29.6 Å². The van der Waals surface area contributed by atoms with E-state index in [0.717, 1.165) is 24.3 Å². The fourth-order valence-electron chi connectivity index (χ4n) is 3.15. The molecular formula is C18H29FN2. The molecule has 3 heteroatoms. The summed E-state index contributed by atoms with van der Waals surface area (Å²) in [6, 6.07) is 5.96. The Morgan fingerprint density at radius 1 is 1.33 bits per heavy atom. The highest BCUT2D eigenvalue weighted by atomic mass is 19.1. The van der Waals surface area contributed by atoms with Crippen molar-refractivity contribution in [3.63, 3.8) is 0 Å². The average Bonchev–Trinajstić information content (AvgIpc) is 2.43. The largest absolute Gasteiger partial charge is 0.368 e. The zero-order valence-corrected chi connectivity index (χ0v) is 13.8. The zero-order valence-electron chi connectivity index (χ0n) is 13.8. The number of nitrogens with one attached hydrogen (secondary N) is 1. The Hall–Kier alpha value is -1.09. The Morgan fingerprint density at radius 2 is 2.10 bits per heavy atom. The van der Waals surface area contributed by atoms with Gasteiger partial charge in [0.2, 0.25) is 0 Å². The molecule has 1 N–H and O–H groups in total. The van der Waals surface area contributed by atoms with Crippen LogP contribution in [0.2, 0.25) is 0 Å². The summed E-state index contributed by atoms with van der Waals surface area (Å²) in [4.78, 5) is 2.39. The molecule has 1 fully saturated rings. The lowest BCUT2D eigenvalue weighted by molar-refractivity contribution is 0.362. The second-order valence-electron chi connectivity index (χ2n) is 6.82. The van der Waals surface area contributed by atoms with E-state index in [1.165, 1.54) is 12.8 Å². The van der Waals surface area contributed by atoms with Crippen LogP contribution in [-0.4, -0.2) is 19.1 Å². The van der Waals surface area contributed by atoms with Crippen molar-refractivity contribution in [1.29, 1.82) is 0 Å². The molecule has 1 aliphatic heterocycles. The molecule has 0 aromatic heterocycles. The summed E-state index contributed by atoms with van der Waals surface area (Å²) in [5.41, 5.74) is 1.89. The van der Waals surface area contributed by atoms with Crippen LogP contribution in [0.4, 0.5) is 10.1 Å². The van der Waals surface area contributed by atoms with Crippen molar-refractivity contribution >= 4 is 5.69 Å².